The molecule has 2 aliphatic heterocycles. The first-order valence-corrected chi connectivity index (χ1v) is 15.0. The van der Waals surface area contributed by atoms with Gasteiger partial charge in [0.15, 0.2) is 11.6 Å². The zero-order valence-electron chi connectivity index (χ0n) is 22.6. The van der Waals surface area contributed by atoms with Gasteiger partial charge in [-0.25, -0.2) is 26.5 Å². The molecule has 0 aliphatic carbocycles. The SMILES string of the molecule is Cc1cc(F)c(F)cc1N1C(=O)CCC1c1nc2cc(-c3c(C)noc3C)ccc2n1C1CCN(S(C)(=O)=O)C1. The van der Waals surface area contributed by atoms with Crippen LogP contribution in [0.15, 0.2) is 34.9 Å². The quantitative estimate of drug-likeness (QED) is 0.336. The van der Waals surface area contributed by atoms with E-state index >= 15 is 0 Å². The first kappa shape index (κ1) is 26.6. The van der Waals surface area contributed by atoms with Crippen molar-refractivity contribution in [2.75, 3.05) is 24.2 Å². The van der Waals surface area contributed by atoms with Gasteiger partial charge in [-0.2, -0.15) is 0 Å². The second-order valence-corrected chi connectivity index (χ2v) is 12.7. The normalized spacial score (nSPS) is 20.4. The van der Waals surface area contributed by atoms with Crippen LogP contribution in [0.4, 0.5) is 14.5 Å². The van der Waals surface area contributed by atoms with E-state index in [-0.39, 0.29) is 24.9 Å². The number of fused-ring (bicyclic) bond motifs is 1. The van der Waals surface area contributed by atoms with Gasteiger partial charge in [-0.3, -0.25) is 4.79 Å². The van der Waals surface area contributed by atoms with Crippen LogP contribution in [-0.4, -0.2) is 52.7 Å². The van der Waals surface area contributed by atoms with E-state index in [1.165, 1.54) is 15.5 Å². The number of hydrogen-bond donors (Lipinski definition) is 0. The van der Waals surface area contributed by atoms with Gasteiger partial charge < -0.3 is 14.0 Å². The van der Waals surface area contributed by atoms with Crippen molar-refractivity contribution in [3.63, 3.8) is 0 Å². The number of sulfonamides is 1. The van der Waals surface area contributed by atoms with Crippen LogP contribution in [0.25, 0.3) is 22.2 Å². The Balaban J connectivity index is 1.52. The first-order chi connectivity index (χ1) is 18.9. The van der Waals surface area contributed by atoms with Crippen LogP contribution in [0.3, 0.4) is 0 Å². The highest BCUT2D eigenvalue weighted by Gasteiger charge is 2.40. The summed E-state index contributed by atoms with van der Waals surface area (Å²) in [5.74, 6) is -0.955. The number of anilines is 1. The molecule has 0 bridgehead atoms. The lowest BCUT2D eigenvalue weighted by atomic mass is 10.0. The Morgan fingerprint density at radius 1 is 1.05 bits per heavy atom. The number of carbonyl (C=O) groups excluding carboxylic acids is 1. The Morgan fingerprint density at radius 2 is 1.80 bits per heavy atom. The molecule has 2 fully saturated rings. The lowest BCUT2D eigenvalue weighted by molar-refractivity contribution is -0.117. The van der Waals surface area contributed by atoms with Crippen molar-refractivity contribution < 1.29 is 26.5 Å². The Morgan fingerprint density at radius 3 is 2.48 bits per heavy atom. The van der Waals surface area contributed by atoms with Crippen molar-refractivity contribution in [1.29, 1.82) is 0 Å². The molecule has 4 heterocycles. The van der Waals surface area contributed by atoms with E-state index in [1.54, 1.807) is 6.92 Å². The van der Waals surface area contributed by atoms with Crippen molar-refractivity contribution in [3.8, 4) is 11.1 Å². The summed E-state index contributed by atoms with van der Waals surface area (Å²) in [6.07, 6.45) is 2.42. The van der Waals surface area contributed by atoms with Crippen molar-refractivity contribution in [1.82, 2.24) is 19.0 Å². The molecular formula is C28H29F2N5O4S. The second kappa shape index (κ2) is 9.48. The number of aryl methyl sites for hydroxylation is 3. The number of aromatic nitrogens is 3. The van der Waals surface area contributed by atoms with Gasteiger partial charge in [0.1, 0.15) is 11.6 Å². The predicted octanol–water partition coefficient (Wildman–Crippen LogP) is 4.97. The second-order valence-electron chi connectivity index (χ2n) is 10.7. The van der Waals surface area contributed by atoms with Crippen LogP contribution in [0.5, 0.6) is 0 Å². The summed E-state index contributed by atoms with van der Waals surface area (Å²) in [4.78, 5) is 19.7. The maximum absolute atomic E-state index is 14.4. The molecule has 2 aliphatic rings. The minimum Gasteiger partial charge on any atom is -0.361 e. The molecule has 2 saturated heterocycles. The monoisotopic (exact) mass is 569 g/mol. The topological polar surface area (TPSA) is 102 Å². The van der Waals surface area contributed by atoms with E-state index < -0.39 is 27.7 Å². The van der Waals surface area contributed by atoms with Gasteiger partial charge in [-0.15, -0.1) is 0 Å². The summed E-state index contributed by atoms with van der Waals surface area (Å²) in [7, 11) is -3.39. The van der Waals surface area contributed by atoms with E-state index in [2.05, 4.69) is 5.16 Å². The maximum Gasteiger partial charge on any atom is 0.227 e. The van der Waals surface area contributed by atoms with Crippen molar-refractivity contribution >= 4 is 32.7 Å². The van der Waals surface area contributed by atoms with E-state index in [1.807, 2.05) is 36.6 Å². The molecule has 2 unspecified atom stereocenters. The largest absolute Gasteiger partial charge is 0.361 e. The third-order valence-corrected chi connectivity index (χ3v) is 9.28. The number of halogens is 2. The zero-order chi connectivity index (χ0) is 28.5. The Hall–Kier alpha value is -3.64. The van der Waals surface area contributed by atoms with Gasteiger partial charge in [0.25, 0.3) is 0 Å². The van der Waals surface area contributed by atoms with E-state index in [0.717, 1.165) is 34.5 Å². The molecule has 2 aromatic carbocycles. The highest BCUT2D eigenvalue weighted by Crippen LogP contribution is 2.42. The van der Waals surface area contributed by atoms with Gasteiger partial charge in [-0.1, -0.05) is 11.2 Å². The standard InChI is InChI=1S/C28H29F2N5O4S/c1-15-11-20(29)21(30)13-25(15)35-24(7-8-26(35)36)28-31-22-12-18(27-16(2)32-39-17(27)3)5-6-23(22)34(28)19-9-10-33(14-19)40(4,37)38/h5-6,11-13,19,24H,7-10,14H2,1-4H3. The summed E-state index contributed by atoms with van der Waals surface area (Å²) >= 11 is 0. The van der Waals surface area contributed by atoms with Crippen molar-refractivity contribution in [3.05, 3.63) is 64.8 Å². The van der Waals surface area contributed by atoms with Crippen molar-refractivity contribution in [2.24, 2.45) is 0 Å². The van der Waals surface area contributed by atoms with Crippen molar-refractivity contribution in [2.45, 2.75) is 52.1 Å². The maximum atomic E-state index is 14.4. The number of carbonyl (C=O) groups is 1. The fraction of sp³-hybridized carbons (Fsp3) is 0.393. The van der Waals surface area contributed by atoms with Crippen LogP contribution in [0.1, 0.15) is 54.2 Å². The molecule has 0 radical (unpaired) electrons. The third kappa shape index (κ3) is 4.29. The number of benzene rings is 2. The smallest absolute Gasteiger partial charge is 0.227 e. The summed E-state index contributed by atoms with van der Waals surface area (Å²) in [5.41, 5.74) is 4.70. The first-order valence-electron chi connectivity index (χ1n) is 13.1. The summed E-state index contributed by atoms with van der Waals surface area (Å²) in [6, 6.07) is 7.23. The van der Waals surface area contributed by atoms with E-state index in [4.69, 9.17) is 9.51 Å². The molecule has 2 aromatic heterocycles. The molecule has 6 rings (SSSR count). The molecule has 2 atom stereocenters. The molecular weight excluding hydrogens is 540 g/mol. The number of rotatable bonds is 5. The van der Waals surface area contributed by atoms with E-state index in [9.17, 15) is 22.0 Å². The predicted molar refractivity (Wildman–Crippen MR) is 145 cm³/mol. The number of hydrogen-bond acceptors (Lipinski definition) is 6. The lowest BCUT2D eigenvalue weighted by Crippen LogP contribution is -2.31. The number of imidazole rings is 1. The molecule has 40 heavy (non-hydrogen) atoms. The summed E-state index contributed by atoms with van der Waals surface area (Å²) < 4.78 is 61.8. The number of amides is 1. The fourth-order valence-electron chi connectivity index (χ4n) is 6.14. The van der Waals surface area contributed by atoms with Crippen LogP contribution < -0.4 is 4.90 Å². The summed E-state index contributed by atoms with van der Waals surface area (Å²) in [5, 5.41) is 4.06. The minimum atomic E-state index is -3.39. The highest BCUT2D eigenvalue weighted by atomic mass is 32.2. The van der Waals surface area contributed by atoms with Gasteiger partial charge in [-0.05, 0) is 62.9 Å². The van der Waals surface area contributed by atoms with Gasteiger partial charge in [0.2, 0.25) is 15.9 Å². The minimum absolute atomic E-state index is 0.210. The highest BCUT2D eigenvalue weighted by molar-refractivity contribution is 7.88. The van der Waals surface area contributed by atoms with Gasteiger partial charge >= 0.3 is 0 Å². The fourth-order valence-corrected chi connectivity index (χ4v) is 7.02. The average Bonchev–Trinajstić information content (AvgIpc) is 3.66. The average molecular weight is 570 g/mol. The lowest BCUT2D eigenvalue weighted by Gasteiger charge is -2.28. The van der Waals surface area contributed by atoms with Crippen LogP contribution in [-0.2, 0) is 14.8 Å². The Labute approximate surface area is 230 Å². The Kier molecular flexibility index (Phi) is 6.30. The molecule has 0 N–H and O–H groups in total. The van der Waals surface area contributed by atoms with Crippen LogP contribution in [0, 0.1) is 32.4 Å². The molecule has 0 spiro atoms. The number of nitrogens with zero attached hydrogens (tertiary/aromatic N) is 5. The molecule has 12 heteroatoms. The Bertz CT molecular complexity index is 1760. The van der Waals surface area contributed by atoms with Crippen LogP contribution in [0.2, 0.25) is 0 Å². The van der Waals surface area contributed by atoms with Gasteiger partial charge in [0, 0.05) is 31.1 Å². The third-order valence-electron chi connectivity index (χ3n) is 8.01. The molecule has 1 amide bonds. The molecule has 210 valence electrons. The molecule has 9 nitrogen and oxygen atoms in total. The molecule has 0 saturated carbocycles. The molecule has 4 aromatic rings. The van der Waals surface area contributed by atoms with Gasteiger partial charge in [0.05, 0.1) is 40.8 Å². The van der Waals surface area contributed by atoms with Crippen LogP contribution >= 0.6 is 0 Å². The van der Waals surface area contributed by atoms with E-state index in [0.29, 0.717) is 47.7 Å². The summed E-state index contributed by atoms with van der Waals surface area (Å²) in [6.45, 7) is 5.99. The zero-order valence-corrected chi connectivity index (χ0v) is 23.4.